The van der Waals surface area contributed by atoms with E-state index in [-0.39, 0.29) is 12.5 Å². The zero-order chi connectivity index (χ0) is 19.5. The number of rotatable bonds is 6. The maximum atomic E-state index is 12.5. The van der Waals surface area contributed by atoms with Gasteiger partial charge in [0.25, 0.3) is 0 Å². The van der Waals surface area contributed by atoms with Gasteiger partial charge in [0.2, 0.25) is 15.9 Å². The molecule has 0 unspecified atom stereocenters. The lowest BCUT2D eigenvalue weighted by Gasteiger charge is -2.25. The summed E-state index contributed by atoms with van der Waals surface area (Å²) in [5.41, 5.74) is 1.65. The minimum absolute atomic E-state index is 0.0980. The van der Waals surface area contributed by atoms with Crippen LogP contribution in [0, 0.1) is 0 Å². The standard InChI is InChI=1S/C18H20Cl2N2O3S/c1-12(2)14-6-4-5-7-17(14)22(26(3,24)25)11-18(23)21-16-10-13(19)8-9-15(16)20/h4-10,12H,11H2,1-3H3,(H,21,23). The van der Waals surface area contributed by atoms with Crippen molar-refractivity contribution in [2.45, 2.75) is 19.8 Å². The minimum atomic E-state index is -3.67. The minimum Gasteiger partial charge on any atom is -0.323 e. The van der Waals surface area contributed by atoms with Crippen LogP contribution in [0.25, 0.3) is 0 Å². The van der Waals surface area contributed by atoms with Crippen LogP contribution in [0.4, 0.5) is 11.4 Å². The zero-order valence-corrected chi connectivity index (χ0v) is 17.0. The highest BCUT2D eigenvalue weighted by molar-refractivity contribution is 7.92. The van der Waals surface area contributed by atoms with E-state index in [9.17, 15) is 13.2 Å². The second-order valence-electron chi connectivity index (χ2n) is 6.16. The molecule has 0 aliphatic rings. The van der Waals surface area contributed by atoms with Crippen molar-refractivity contribution in [1.82, 2.24) is 0 Å². The Hall–Kier alpha value is -1.76. The molecule has 0 saturated carbocycles. The third kappa shape index (κ3) is 5.13. The van der Waals surface area contributed by atoms with Crippen molar-refractivity contribution in [3.63, 3.8) is 0 Å². The smallest absolute Gasteiger partial charge is 0.245 e. The lowest BCUT2D eigenvalue weighted by molar-refractivity contribution is -0.114. The topological polar surface area (TPSA) is 66.5 Å². The van der Waals surface area contributed by atoms with Gasteiger partial charge < -0.3 is 5.32 Å². The van der Waals surface area contributed by atoms with Gasteiger partial charge in [-0.3, -0.25) is 9.10 Å². The van der Waals surface area contributed by atoms with Gasteiger partial charge in [-0.25, -0.2) is 8.42 Å². The van der Waals surface area contributed by atoms with E-state index in [0.29, 0.717) is 21.4 Å². The van der Waals surface area contributed by atoms with Crippen LogP contribution in [0.1, 0.15) is 25.3 Å². The fourth-order valence-corrected chi connectivity index (χ4v) is 3.71. The van der Waals surface area contributed by atoms with E-state index in [1.807, 2.05) is 26.0 Å². The van der Waals surface area contributed by atoms with E-state index in [1.165, 1.54) is 6.07 Å². The Balaban J connectivity index is 2.33. The average molecular weight is 415 g/mol. The number of halogens is 2. The van der Waals surface area contributed by atoms with E-state index in [4.69, 9.17) is 23.2 Å². The van der Waals surface area contributed by atoms with Gasteiger partial charge in [0.05, 0.1) is 22.7 Å². The largest absolute Gasteiger partial charge is 0.323 e. The molecule has 0 aliphatic heterocycles. The summed E-state index contributed by atoms with van der Waals surface area (Å²) in [6.45, 7) is 3.56. The van der Waals surface area contributed by atoms with Gasteiger partial charge in [-0.15, -0.1) is 0 Å². The molecule has 0 saturated heterocycles. The first-order valence-electron chi connectivity index (χ1n) is 7.91. The molecule has 2 aromatic rings. The highest BCUT2D eigenvalue weighted by Gasteiger charge is 2.24. The first-order chi connectivity index (χ1) is 12.1. The summed E-state index contributed by atoms with van der Waals surface area (Å²) in [5, 5.41) is 3.34. The lowest BCUT2D eigenvalue weighted by atomic mass is 10.0. The maximum Gasteiger partial charge on any atom is 0.245 e. The summed E-state index contributed by atoms with van der Waals surface area (Å²) in [5.74, 6) is -0.418. The van der Waals surface area contributed by atoms with E-state index in [0.717, 1.165) is 16.1 Å². The summed E-state index contributed by atoms with van der Waals surface area (Å²) in [6.07, 6.45) is 1.07. The van der Waals surface area contributed by atoms with Crippen LogP contribution in [-0.4, -0.2) is 27.1 Å². The summed E-state index contributed by atoms with van der Waals surface area (Å²) < 4.78 is 25.7. The Morgan fingerprint density at radius 1 is 1.15 bits per heavy atom. The molecular formula is C18H20Cl2N2O3S. The molecule has 0 aromatic heterocycles. The Morgan fingerprint density at radius 3 is 2.42 bits per heavy atom. The summed E-state index contributed by atoms with van der Waals surface area (Å²) in [4.78, 5) is 12.5. The molecule has 8 heteroatoms. The van der Waals surface area contributed by atoms with Crippen LogP contribution < -0.4 is 9.62 Å². The molecule has 26 heavy (non-hydrogen) atoms. The third-order valence-electron chi connectivity index (χ3n) is 3.72. The molecule has 2 aromatic carbocycles. The first-order valence-corrected chi connectivity index (χ1v) is 10.5. The molecule has 0 heterocycles. The number of anilines is 2. The molecule has 140 valence electrons. The van der Waals surface area contributed by atoms with E-state index < -0.39 is 15.9 Å². The zero-order valence-electron chi connectivity index (χ0n) is 14.7. The molecule has 1 N–H and O–H groups in total. The Kier molecular flexibility index (Phi) is 6.55. The van der Waals surface area contributed by atoms with Crippen LogP contribution in [-0.2, 0) is 14.8 Å². The van der Waals surface area contributed by atoms with Crippen molar-refractivity contribution in [3.05, 3.63) is 58.1 Å². The number of carbonyl (C=O) groups is 1. The van der Waals surface area contributed by atoms with Crippen LogP contribution in [0.2, 0.25) is 10.0 Å². The Labute approximate surface area is 164 Å². The summed E-state index contributed by atoms with van der Waals surface area (Å²) in [6, 6.07) is 11.8. The molecule has 0 radical (unpaired) electrons. The third-order valence-corrected chi connectivity index (χ3v) is 5.41. The maximum absolute atomic E-state index is 12.5. The predicted octanol–water partition coefficient (Wildman–Crippen LogP) is 4.52. The number of sulfonamides is 1. The van der Waals surface area contributed by atoms with Crippen LogP contribution in [0.5, 0.6) is 0 Å². The molecule has 5 nitrogen and oxygen atoms in total. The highest BCUT2D eigenvalue weighted by Crippen LogP contribution is 2.29. The number of benzene rings is 2. The molecule has 0 aliphatic carbocycles. The van der Waals surface area contributed by atoms with Gasteiger partial charge in [-0.1, -0.05) is 55.2 Å². The number of carbonyl (C=O) groups excluding carboxylic acids is 1. The number of nitrogens with zero attached hydrogens (tertiary/aromatic N) is 1. The quantitative estimate of drug-likeness (QED) is 0.754. The van der Waals surface area contributed by atoms with Gasteiger partial charge in [-0.2, -0.15) is 0 Å². The van der Waals surface area contributed by atoms with Gasteiger partial charge >= 0.3 is 0 Å². The number of amides is 1. The molecular weight excluding hydrogens is 395 g/mol. The van der Waals surface area contributed by atoms with Gasteiger partial charge in [-0.05, 0) is 35.7 Å². The predicted molar refractivity (Wildman–Crippen MR) is 108 cm³/mol. The summed E-state index contributed by atoms with van der Waals surface area (Å²) >= 11 is 12.0. The fraction of sp³-hybridized carbons (Fsp3) is 0.278. The summed E-state index contributed by atoms with van der Waals surface area (Å²) in [7, 11) is -3.67. The number of hydrogen-bond acceptors (Lipinski definition) is 3. The number of hydrogen-bond donors (Lipinski definition) is 1. The van der Waals surface area contributed by atoms with Crippen molar-refractivity contribution < 1.29 is 13.2 Å². The van der Waals surface area contributed by atoms with E-state index >= 15 is 0 Å². The lowest BCUT2D eigenvalue weighted by Crippen LogP contribution is -2.38. The normalized spacial score (nSPS) is 11.5. The van der Waals surface area contributed by atoms with Crippen molar-refractivity contribution in [3.8, 4) is 0 Å². The van der Waals surface area contributed by atoms with Crippen molar-refractivity contribution in [2.75, 3.05) is 22.4 Å². The molecule has 2 rings (SSSR count). The molecule has 1 amide bonds. The van der Waals surface area contributed by atoms with Crippen LogP contribution in [0.3, 0.4) is 0 Å². The monoisotopic (exact) mass is 414 g/mol. The fourth-order valence-electron chi connectivity index (χ4n) is 2.50. The van der Waals surface area contributed by atoms with E-state index in [1.54, 1.807) is 24.3 Å². The number of nitrogens with one attached hydrogen (secondary N) is 1. The second-order valence-corrected chi connectivity index (χ2v) is 8.91. The van der Waals surface area contributed by atoms with Crippen molar-refractivity contribution in [2.24, 2.45) is 0 Å². The first kappa shape index (κ1) is 20.6. The van der Waals surface area contributed by atoms with Crippen molar-refractivity contribution in [1.29, 1.82) is 0 Å². The Morgan fingerprint density at radius 2 is 1.81 bits per heavy atom. The number of para-hydroxylation sites is 1. The molecule has 0 bridgehead atoms. The van der Waals surface area contributed by atoms with Crippen molar-refractivity contribution >= 4 is 50.5 Å². The van der Waals surface area contributed by atoms with Crippen LogP contribution in [0.15, 0.2) is 42.5 Å². The van der Waals surface area contributed by atoms with Crippen LogP contribution >= 0.6 is 23.2 Å². The van der Waals surface area contributed by atoms with Gasteiger partial charge in [0.15, 0.2) is 0 Å². The molecule has 0 fully saturated rings. The van der Waals surface area contributed by atoms with E-state index in [2.05, 4.69) is 5.32 Å². The second kappa shape index (κ2) is 8.29. The van der Waals surface area contributed by atoms with Gasteiger partial charge in [0.1, 0.15) is 6.54 Å². The van der Waals surface area contributed by atoms with Gasteiger partial charge in [0, 0.05) is 5.02 Å². The average Bonchev–Trinajstić information content (AvgIpc) is 2.55. The Bertz CT molecular complexity index is 914. The highest BCUT2D eigenvalue weighted by atomic mass is 35.5. The molecule has 0 atom stereocenters. The molecule has 0 spiro atoms. The SMILES string of the molecule is CC(C)c1ccccc1N(CC(=O)Nc1cc(Cl)ccc1Cl)S(C)(=O)=O.